The molecule has 0 spiro atoms. The van der Waals surface area contributed by atoms with Gasteiger partial charge in [0.15, 0.2) is 0 Å². The SMILES string of the molecule is COc1ccccc1S(=O)(=O)Nc1ccc(Oc2ccccc2)cc1. The van der Waals surface area contributed by atoms with Crippen molar-refractivity contribution >= 4 is 15.7 Å². The van der Waals surface area contributed by atoms with E-state index in [0.29, 0.717) is 22.9 Å². The number of ether oxygens (including phenoxy) is 2. The van der Waals surface area contributed by atoms with Gasteiger partial charge in [0.2, 0.25) is 0 Å². The fourth-order valence-corrected chi connectivity index (χ4v) is 3.50. The van der Waals surface area contributed by atoms with Crippen molar-refractivity contribution in [1.82, 2.24) is 0 Å². The molecule has 0 aliphatic carbocycles. The number of benzene rings is 3. The molecule has 25 heavy (non-hydrogen) atoms. The van der Waals surface area contributed by atoms with Gasteiger partial charge in [-0.25, -0.2) is 8.42 Å². The zero-order valence-corrected chi connectivity index (χ0v) is 14.4. The number of hydrogen-bond donors (Lipinski definition) is 1. The highest BCUT2D eigenvalue weighted by Crippen LogP contribution is 2.27. The average Bonchev–Trinajstić information content (AvgIpc) is 2.64. The van der Waals surface area contributed by atoms with Crippen LogP contribution in [0.25, 0.3) is 0 Å². The molecule has 0 heterocycles. The van der Waals surface area contributed by atoms with Crippen LogP contribution in [-0.2, 0) is 10.0 Å². The second-order valence-electron chi connectivity index (χ2n) is 5.20. The maximum absolute atomic E-state index is 12.5. The first kappa shape index (κ1) is 16.9. The first-order chi connectivity index (χ1) is 12.1. The molecule has 3 rings (SSSR count). The molecule has 0 saturated heterocycles. The highest BCUT2D eigenvalue weighted by Gasteiger charge is 2.18. The Balaban J connectivity index is 1.77. The Morgan fingerprint density at radius 1 is 0.760 bits per heavy atom. The molecule has 3 aromatic carbocycles. The van der Waals surface area contributed by atoms with Crippen molar-refractivity contribution in [2.75, 3.05) is 11.8 Å². The van der Waals surface area contributed by atoms with Crippen molar-refractivity contribution in [3.05, 3.63) is 78.9 Å². The van der Waals surface area contributed by atoms with E-state index in [1.807, 2.05) is 30.3 Å². The van der Waals surface area contributed by atoms with E-state index in [2.05, 4.69) is 4.72 Å². The zero-order chi connectivity index (χ0) is 17.7. The first-order valence-electron chi connectivity index (χ1n) is 7.57. The number of nitrogens with one attached hydrogen (secondary N) is 1. The summed E-state index contributed by atoms with van der Waals surface area (Å²) in [5, 5.41) is 0. The number of para-hydroxylation sites is 2. The lowest BCUT2D eigenvalue weighted by atomic mass is 10.3. The van der Waals surface area contributed by atoms with Gasteiger partial charge in [-0.15, -0.1) is 0 Å². The van der Waals surface area contributed by atoms with Crippen molar-refractivity contribution in [2.24, 2.45) is 0 Å². The minimum atomic E-state index is -3.74. The average molecular weight is 355 g/mol. The van der Waals surface area contributed by atoms with Crippen molar-refractivity contribution < 1.29 is 17.9 Å². The third kappa shape index (κ3) is 4.10. The fraction of sp³-hybridized carbons (Fsp3) is 0.0526. The van der Waals surface area contributed by atoms with Gasteiger partial charge in [-0.3, -0.25) is 4.72 Å². The molecule has 0 bridgehead atoms. The minimum Gasteiger partial charge on any atom is -0.495 e. The topological polar surface area (TPSA) is 64.6 Å². The lowest BCUT2D eigenvalue weighted by Gasteiger charge is -2.12. The molecule has 0 aliphatic rings. The predicted molar refractivity (Wildman–Crippen MR) is 96.8 cm³/mol. The molecule has 5 nitrogen and oxygen atoms in total. The Kier molecular flexibility index (Phi) is 4.90. The predicted octanol–water partition coefficient (Wildman–Crippen LogP) is 4.29. The van der Waals surface area contributed by atoms with Crippen LogP contribution in [0.2, 0.25) is 0 Å². The van der Waals surface area contributed by atoms with E-state index in [4.69, 9.17) is 9.47 Å². The fourth-order valence-electron chi connectivity index (χ4n) is 2.27. The molecular weight excluding hydrogens is 338 g/mol. The van der Waals surface area contributed by atoms with Gasteiger partial charge in [0.25, 0.3) is 10.0 Å². The van der Waals surface area contributed by atoms with Crippen molar-refractivity contribution in [1.29, 1.82) is 0 Å². The molecule has 3 aromatic rings. The van der Waals surface area contributed by atoms with Gasteiger partial charge in [-0.1, -0.05) is 30.3 Å². The summed E-state index contributed by atoms with van der Waals surface area (Å²) < 4.78 is 38.4. The number of methoxy groups -OCH3 is 1. The van der Waals surface area contributed by atoms with Gasteiger partial charge in [0.05, 0.1) is 7.11 Å². The number of anilines is 1. The van der Waals surface area contributed by atoms with E-state index in [-0.39, 0.29) is 4.90 Å². The third-order valence-corrected chi connectivity index (χ3v) is 4.86. The monoisotopic (exact) mass is 355 g/mol. The Morgan fingerprint density at radius 2 is 1.36 bits per heavy atom. The highest BCUT2D eigenvalue weighted by atomic mass is 32.2. The Bertz CT molecular complexity index is 939. The highest BCUT2D eigenvalue weighted by molar-refractivity contribution is 7.92. The van der Waals surface area contributed by atoms with Gasteiger partial charge in [-0.05, 0) is 48.5 Å². The Hall–Kier alpha value is -2.99. The summed E-state index contributed by atoms with van der Waals surface area (Å²) in [6.45, 7) is 0. The van der Waals surface area contributed by atoms with E-state index < -0.39 is 10.0 Å². The second kappa shape index (κ2) is 7.27. The molecule has 0 amide bonds. The third-order valence-electron chi connectivity index (χ3n) is 3.44. The van der Waals surface area contributed by atoms with Gasteiger partial charge in [0, 0.05) is 5.69 Å². The van der Waals surface area contributed by atoms with Crippen LogP contribution in [0.3, 0.4) is 0 Å². The summed E-state index contributed by atoms with van der Waals surface area (Å²) in [4.78, 5) is 0.0853. The smallest absolute Gasteiger partial charge is 0.265 e. The molecule has 0 unspecified atom stereocenters. The van der Waals surface area contributed by atoms with Crippen molar-refractivity contribution in [3.63, 3.8) is 0 Å². The quantitative estimate of drug-likeness (QED) is 0.716. The van der Waals surface area contributed by atoms with Crippen LogP contribution in [-0.4, -0.2) is 15.5 Å². The van der Waals surface area contributed by atoms with Gasteiger partial charge < -0.3 is 9.47 Å². The van der Waals surface area contributed by atoms with E-state index in [1.54, 1.807) is 42.5 Å². The molecule has 0 radical (unpaired) electrons. The Labute approximate surface area is 146 Å². The maximum atomic E-state index is 12.5. The van der Waals surface area contributed by atoms with Crippen LogP contribution < -0.4 is 14.2 Å². The molecular formula is C19H17NO4S. The van der Waals surface area contributed by atoms with E-state index in [0.717, 1.165) is 0 Å². The molecule has 1 N–H and O–H groups in total. The zero-order valence-electron chi connectivity index (χ0n) is 13.5. The molecule has 0 fully saturated rings. The van der Waals surface area contributed by atoms with Crippen molar-refractivity contribution in [2.45, 2.75) is 4.90 Å². The summed E-state index contributed by atoms with van der Waals surface area (Å²) in [6, 6.07) is 22.5. The Morgan fingerprint density at radius 3 is 2.04 bits per heavy atom. The molecule has 6 heteroatoms. The summed E-state index contributed by atoms with van der Waals surface area (Å²) in [5.41, 5.74) is 0.436. The van der Waals surface area contributed by atoms with Gasteiger partial charge in [0.1, 0.15) is 22.1 Å². The largest absolute Gasteiger partial charge is 0.495 e. The van der Waals surface area contributed by atoms with Crippen LogP contribution >= 0.6 is 0 Å². The molecule has 0 saturated carbocycles. The van der Waals surface area contributed by atoms with Crippen molar-refractivity contribution in [3.8, 4) is 17.2 Å². The van der Waals surface area contributed by atoms with Crippen LogP contribution in [0.15, 0.2) is 83.8 Å². The van der Waals surface area contributed by atoms with Crippen LogP contribution in [0.5, 0.6) is 17.2 Å². The summed E-state index contributed by atoms with van der Waals surface area (Å²) in [6.07, 6.45) is 0. The molecule has 128 valence electrons. The number of hydrogen-bond acceptors (Lipinski definition) is 4. The summed E-state index contributed by atoms with van der Waals surface area (Å²) in [5.74, 6) is 1.62. The normalized spacial score (nSPS) is 10.9. The molecule has 0 aromatic heterocycles. The lowest BCUT2D eigenvalue weighted by molar-refractivity contribution is 0.403. The molecule has 0 atom stereocenters. The van der Waals surface area contributed by atoms with E-state index in [9.17, 15) is 8.42 Å². The van der Waals surface area contributed by atoms with Gasteiger partial charge in [-0.2, -0.15) is 0 Å². The number of sulfonamides is 1. The molecule has 0 aliphatic heterocycles. The van der Waals surface area contributed by atoms with E-state index in [1.165, 1.54) is 13.2 Å². The lowest BCUT2D eigenvalue weighted by Crippen LogP contribution is -2.13. The van der Waals surface area contributed by atoms with Crippen LogP contribution in [0, 0.1) is 0 Å². The minimum absolute atomic E-state index is 0.0853. The van der Waals surface area contributed by atoms with Gasteiger partial charge >= 0.3 is 0 Å². The number of rotatable bonds is 6. The van der Waals surface area contributed by atoms with E-state index >= 15 is 0 Å². The van der Waals surface area contributed by atoms with Crippen LogP contribution in [0.1, 0.15) is 0 Å². The standard InChI is InChI=1S/C19H17NO4S/c1-23-18-9-5-6-10-19(18)25(21,22)20-15-11-13-17(14-12-15)24-16-7-3-2-4-8-16/h2-14,20H,1H3. The summed E-state index contributed by atoms with van der Waals surface area (Å²) >= 11 is 0. The van der Waals surface area contributed by atoms with Crippen LogP contribution in [0.4, 0.5) is 5.69 Å². The second-order valence-corrected chi connectivity index (χ2v) is 6.85. The maximum Gasteiger partial charge on any atom is 0.265 e. The summed E-state index contributed by atoms with van der Waals surface area (Å²) in [7, 11) is -2.31. The first-order valence-corrected chi connectivity index (χ1v) is 9.05.